The molecule has 1 unspecified atom stereocenters. The van der Waals surface area contributed by atoms with E-state index in [2.05, 4.69) is 20.4 Å². The van der Waals surface area contributed by atoms with Gasteiger partial charge in [0.15, 0.2) is 0 Å². The van der Waals surface area contributed by atoms with Crippen molar-refractivity contribution >= 4 is 11.7 Å². The van der Waals surface area contributed by atoms with E-state index in [-0.39, 0.29) is 24.0 Å². The Bertz CT molecular complexity index is 1000. The second-order valence-electron chi connectivity index (χ2n) is 7.44. The van der Waals surface area contributed by atoms with Crippen LogP contribution in [0.1, 0.15) is 31.4 Å². The van der Waals surface area contributed by atoms with Gasteiger partial charge >= 0.3 is 6.01 Å². The third-order valence-electron chi connectivity index (χ3n) is 5.36. The molecule has 8 heteroatoms. The number of rotatable bonds is 6. The van der Waals surface area contributed by atoms with Gasteiger partial charge in [-0.3, -0.25) is 0 Å². The van der Waals surface area contributed by atoms with Gasteiger partial charge in [-0.1, -0.05) is 17.3 Å². The van der Waals surface area contributed by atoms with Gasteiger partial charge < -0.3 is 24.6 Å². The lowest BCUT2D eigenvalue weighted by molar-refractivity contribution is 0.145. The van der Waals surface area contributed by atoms with Crippen molar-refractivity contribution in [3.8, 4) is 17.1 Å². The Hall–Kier alpha value is -3.13. The Labute approximate surface area is 174 Å². The van der Waals surface area contributed by atoms with Gasteiger partial charge in [0, 0.05) is 29.9 Å². The molecule has 2 aromatic carbocycles. The molecular formula is C22H25FN4O3. The first-order valence-corrected chi connectivity index (χ1v) is 10.0. The molecule has 158 valence electrons. The lowest BCUT2D eigenvalue weighted by Gasteiger charge is -2.34. The number of piperidine rings is 1. The Morgan fingerprint density at radius 2 is 2.03 bits per heavy atom. The number of benzene rings is 2. The van der Waals surface area contributed by atoms with Crippen LogP contribution in [0.15, 0.2) is 47.0 Å². The lowest BCUT2D eigenvalue weighted by Crippen LogP contribution is -2.36. The number of ether oxygens (including phenoxy) is 1. The third kappa shape index (κ3) is 4.38. The van der Waals surface area contributed by atoms with Crippen molar-refractivity contribution in [3.05, 3.63) is 53.8 Å². The van der Waals surface area contributed by atoms with E-state index in [0.29, 0.717) is 24.4 Å². The molecule has 3 aromatic rings. The predicted molar refractivity (Wildman–Crippen MR) is 112 cm³/mol. The van der Waals surface area contributed by atoms with Gasteiger partial charge in [0.1, 0.15) is 11.6 Å². The summed E-state index contributed by atoms with van der Waals surface area (Å²) in [6.07, 6.45) is 1.13. The summed E-state index contributed by atoms with van der Waals surface area (Å²) in [6.45, 7) is 3.38. The van der Waals surface area contributed by atoms with Crippen molar-refractivity contribution in [2.45, 2.75) is 31.9 Å². The number of aliphatic hydroxyl groups is 1. The Kier molecular flexibility index (Phi) is 5.85. The first-order chi connectivity index (χ1) is 14.5. The van der Waals surface area contributed by atoms with E-state index in [1.165, 1.54) is 12.1 Å². The van der Waals surface area contributed by atoms with Crippen LogP contribution in [0.4, 0.5) is 16.1 Å². The first-order valence-electron chi connectivity index (χ1n) is 10.0. The molecule has 0 radical (unpaired) electrons. The molecule has 0 bridgehead atoms. The molecular weight excluding hydrogens is 387 g/mol. The highest BCUT2D eigenvalue weighted by atomic mass is 19.1. The van der Waals surface area contributed by atoms with Crippen LogP contribution >= 0.6 is 0 Å². The van der Waals surface area contributed by atoms with Crippen molar-refractivity contribution in [2.75, 3.05) is 30.4 Å². The monoisotopic (exact) mass is 412 g/mol. The molecule has 0 aliphatic carbocycles. The lowest BCUT2D eigenvalue weighted by atomic mass is 10.0. The highest BCUT2D eigenvalue weighted by Gasteiger charge is 2.22. The third-order valence-corrected chi connectivity index (χ3v) is 5.36. The summed E-state index contributed by atoms with van der Waals surface area (Å²) < 4.78 is 24.6. The molecule has 1 saturated heterocycles. The number of aliphatic hydroxyl groups excluding tert-OH is 1. The second kappa shape index (κ2) is 8.71. The molecule has 0 amide bonds. The van der Waals surface area contributed by atoms with E-state index in [4.69, 9.17) is 9.26 Å². The summed E-state index contributed by atoms with van der Waals surface area (Å²) in [6, 6.07) is 12.2. The van der Waals surface area contributed by atoms with Crippen LogP contribution in [-0.2, 0) is 0 Å². The van der Waals surface area contributed by atoms with E-state index in [1.54, 1.807) is 13.2 Å². The quantitative estimate of drug-likeness (QED) is 0.633. The minimum atomic E-state index is -0.304. The molecule has 1 fully saturated rings. The molecule has 0 saturated carbocycles. The van der Waals surface area contributed by atoms with Crippen LogP contribution in [0.3, 0.4) is 0 Å². The van der Waals surface area contributed by atoms with Crippen LogP contribution in [0.5, 0.6) is 5.75 Å². The number of halogens is 1. The average molecular weight is 412 g/mol. The van der Waals surface area contributed by atoms with Gasteiger partial charge in [0.05, 0.1) is 19.3 Å². The fourth-order valence-corrected chi connectivity index (χ4v) is 3.69. The molecule has 1 aliphatic heterocycles. The maximum Gasteiger partial charge on any atom is 0.322 e. The van der Waals surface area contributed by atoms with Crippen molar-refractivity contribution < 1.29 is 18.8 Å². The van der Waals surface area contributed by atoms with E-state index in [9.17, 15) is 9.50 Å². The summed E-state index contributed by atoms with van der Waals surface area (Å²) in [4.78, 5) is 6.59. The van der Waals surface area contributed by atoms with Crippen molar-refractivity contribution in [3.63, 3.8) is 0 Å². The van der Waals surface area contributed by atoms with Crippen LogP contribution < -0.4 is 15.0 Å². The summed E-state index contributed by atoms with van der Waals surface area (Å²) in [7, 11) is 1.60. The normalized spacial score (nSPS) is 15.8. The summed E-state index contributed by atoms with van der Waals surface area (Å²) in [5, 5.41) is 17.0. The molecule has 2 N–H and O–H groups in total. The summed E-state index contributed by atoms with van der Waals surface area (Å²) in [5.41, 5.74) is 2.51. The van der Waals surface area contributed by atoms with Gasteiger partial charge in [-0.15, -0.1) is 0 Å². The zero-order valence-electron chi connectivity index (χ0n) is 17.0. The number of anilines is 2. The van der Waals surface area contributed by atoms with E-state index < -0.39 is 0 Å². The zero-order chi connectivity index (χ0) is 21.1. The second-order valence-corrected chi connectivity index (χ2v) is 7.44. The molecule has 1 aliphatic rings. The van der Waals surface area contributed by atoms with E-state index in [1.807, 2.05) is 31.2 Å². The molecule has 30 heavy (non-hydrogen) atoms. The first kappa shape index (κ1) is 20.2. The molecule has 0 spiro atoms. The van der Waals surface area contributed by atoms with Crippen molar-refractivity contribution in [1.82, 2.24) is 10.1 Å². The average Bonchev–Trinajstić information content (AvgIpc) is 3.23. The minimum Gasteiger partial charge on any atom is -0.497 e. The molecule has 1 atom stereocenters. The fourth-order valence-electron chi connectivity index (χ4n) is 3.69. The van der Waals surface area contributed by atoms with Gasteiger partial charge in [0.25, 0.3) is 0 Å². The highest BCUT2D eigenvalue weighted by Crippen LogP contribution is 2.32. The largest absolute Gasteiger partial charge is 0.497 e. The predicted octanol–water partition coefficient (Wildman–Crippen LogP) is 4.02. The van der Waals surface area contributed by atoms with Crippen LogP contribution in [-0.4, -0.2) is 41.6 Å². The minimum absolute atomic E-state index is 0.254. The van der Waals surface area contributed by atoms with Gasteiger partial charge in [0.2, 0.25) is 5.82 Å². The van der Waals surface area contributed by atoms with Crippen LogP contribution in [0.2, 0.25) is 0 Å². The van der Waals surface area contributed by atoms with Crippen molar-refractivity contribution in [2.24, 2.45) is 0 Å². The number of hydrogen-bond acceptors (Lipinski definition) is 7. The van der Waals surface area contributed by atoms with Gasteiger partial charge in [-0.25, -0.2) is 4.39 Å². The highest BCUT2D eigenvalue weighted by molar-refractivity contribution is 5.59. The number of methoxy groups -OCH3 is 1. The van der Waals surface area contributed by atoms with E-state index in [0.717, 1.165) is 29.9 Å². The zero-order valence-corrected chi connectivity index (χ0v) is 17.0. The smallest absolute Gasteiger partial charge is 0.322 e. The number of nitrogens with zero attached hydrogens (tertiary/aromatic N) is 3. The Morgan fingerprint density at radius 1 is 1.23 bits per heavy atom. The Balaban J connectivity index is 1.53. The van der Waals surface area contributed by atoms with Crippen LogP contribution in [0, 0.1) is 5.82 Å². The van der Waals surface area contributed by atoms with Gasteiger partial charge in [-0.2, -0.15) is 4.98 Å². The fraction of sp³-hybridized carbons (Fsp3) is 0.364. The standard InChI is InChI=1S/C22H25FN4O3/c1-14(19-13-16(23)6-7-20(19)27-10-8-17(28)9-11-27)24-22-25-21(26-30-22)15-4-3-5-18(12-15)29-2/h3-7,12-14,17,28H,8-11H2,1-2H3,(H,24,25,26). The van der Waals surface area contributed by atoms with Gasteiger partial charge in [-0.05, 0) is 50.1 Å². The van der Waals surface area contributed by atoms with Crippen LogP contribution in [0.25, 0.3) is 11.4 Å². The number of hydrogen-bond donors (Lipinski definition) is 2. The SMILES string of the molecule is COc1cccc(-c2noc(NC(C)c3cc(F)ccc3N3CCC(O)CC3)n2)c1. The molecule has 2 heterocycles. The molecule has 1 aromatic heterocycles. The van der Waals surface area contributed by atoms with Crippen molar-refractivity contribution in [1.29, 1.82) is 0 Å². The topological polar surface area (TPSA) is 83.7 Å². The summed E-state index contributed by atoms with van der Waals surface area (Å²) in [5.74, 6) is 0.839. The molecule has 7 nitrogen and oxygen atoms in total. The molecule has 4 rings (SSSR count). The maximum atomic E-state index is 14.0. The number of aromatic nitrogens is 2. The maximum absolute atomic E-state index is 14.0. The number of nitrogens with one attached hydrogen (secondary N) is 1. The van der Waals surface area contributed by atoms with E-state index >= 15 is 0 Å². The summed E-state index contributed by atoms with van der Waals surface area (Å²) >= 11 is 0. The Morgan fingerprint density at radius 3 is 2.80 bits per heavy atom.